The monoisotopic (exact) mass is 315 g/mol. The van der Waals surface area contributed by atoms with Crippen LogP contribution < -0.4 is 9.46 Å². The van der Waals surface area contributed by atoms with Gasteiger partial charge in [0.05, 0.1) is 6.61 Å². The number of ether oxygens (including phenoxy) is 1. The van der Waals surface area contributed by atoms with Crippen molar-refractivity contribution in [2.75, 3.05) is 6.61 Å². The maximum atomic E-state index is 12.1. The van der Waals surface area contributed by atoms with Crippen molar-refractivity contribution in [3.8, 4) is 5.75 Å². The smallest absolute Gasteiger partial charge is 0.336 e. The highest BCUT2D eigenvalue weighted by molar-refractivity contribution is 7.84. The molecule has 0 aliphatic rings. The Morgan fingerprint density at radius 1 is 1.24 bits per heavy atom. The van der Waals surface area contributed by atoms with Gasteiger partial charge < -0.3 is 4.74 Å². The summed E-state index contributed by atoms with van der Waals surface area (Å²) in [6.45, 7) is 5.33. The number of carbonyl (C=O) groups excluding carboxylic acids is 1. The largest absolute Gasteiger partial charge is 0.425 e. The van der Waals surface area contributed by atoms with E-state index in [1.165, 1.54) is 0 Å². The molecule has 0 aliphatic heterocycles. The van der Waals surface area contributed by atoms with Gasteiger partial charge in [0.2, 0.25) is 0 Å². The lowest BCUT2D eigenvalue weighted by atomic mass is 10.1. The lowest BCUT2D eigenvalue weighted by Gasteiger charge is -2.18. The van der Waals surface area contributed by atoms with Gasteiger partial charge in [-0.15, -0.1) is 0 Å². The van der Waals surface area contributed by atoms with Gasteiger partial charge >= 0.3 is 16.3 Å². The topological polar surface area (TPSA) is 81.7 Å². The Kier molecular flexibility index (Phi) is 6.80. The standard InChI is InChI=1S/C14H21NO5S/c1-4-19-21(17,18)15-13(10-11(2)3)14(16)20-12-8-6-5-7-9-12/h5-9,11,13,15H,4,10H2,1-3H3/t13-/m0/s1. The summed E-state index contributed by atoms with van der Waals surface area (Å²) in [6, 6.07) is 7.51. The quantitative estimate of drug-likeness (QED) is 0.585. The summed E-state index contributed by atoms with van der Waals surface area (Å²) in [5.41, 5.74) is 0. The SMILES string of the molecule is CCOS(=O)(=O)N[C@@H](CC(C)C)C(=O)Oc1ccccc1. The van der Waals surface area contributed by atoms with Crippen LogP contribution in [0.4, 0.5) is 0 Å². The fourth-order valence-corrected chi connectivity index (χ4v) is 2.62. The van der Waals surface area contributed by atoms with Crippen LogP contribution in [0.2, 0.25) is 0 Å². The Bertz CT molecular complexity index is 542. The van der Waals surface area contributed by atoms with E-state index in [0.717, 1.165) is 0 Å². The van der Waals surface area contributed by atoms with Crippen molar-refractivity contribution >= 4 is 16.3 Å². The number of esters is 1. The second-order valence-electron chi connectivity index (χ2n) is 4.89. The van der Waals surface area contributed by atoms with Crippen LogP contribution in [-0.2, 0) is 19.3 Å². The molecule has 0 spiro atoms. The van der Waals surface area contributed by atoms with Gasteiger partial charge in [-0.05, 0) is 31.4 Å². The van der Waals surface area contributed by atoms with Gasteiger partial charge in [0.1, 0.15) is 11.8 Å². The number of hydrogen-bond donors (Lipinski definition) is 1. The van der Waals surface area contributed by atoms with Crippen LogP contribution in [0, 0.1) is 5.92 Å². The average molecular weight is 315 g/mol. The Hall–Kier alpha value is -1.44. The summed E-state index contributed by atoms with van der Waals surface area (Å²) in [7, 11) is -3.96. The van der Waals surface area contributed by atoms with E-state index in [0.29, 0.717) is 12.2 Å². The molecule has 6 nitrogen and oxygen atoms in total. The van der Waals surface area contributed by atoms with Crippen LogP contribution in [0.15, 0.2) is 30.3 Å². The number of nitrogens with one attached hydrogen (secondary N) is 1. The third-order valence-corrected chi connectivity index (χ3v) is 3.63. The van der Waals surface area contributed by atoms with E-state index in [1.807, 2.05) is 13.8 Å². The molecule has 1 aromatic carbocycles. The zero-order chi connectivity index (χ0) is 15.9. The number of rotatable bonds is 8. The molecule has 21 heavy (non-hydrogen) atoms. The number of hydrogen-bond acceptors (Lipinski definition) is 5. The summed E-state index contributed by atoms with van der Waals surface area (Å²) in [4.78, 5) is 12.1. The van der Waals surface area contributed by atoms with Crippen molar-refractivity contribution in [1.29, 1.82) is 0 Å². The maximum absolute atomic E-state index is 12.1. The molecule has 118 valence electrons. The summed E-state index contributed by atoms with van der Waals surface area (Å²) >= 11 is 0. The Labute approximate surface area is 125 Å². The Morgan fingerprint density at radius 2 is 1.86 bits per heavy atom. The molecule has 0 heterocycles. The molecule has 7 heteroatoms. The molecule has 1 aromatic rings. The van der Waals surface area contributed by atoms with Crippen LogP contribution in [0.3, 0.4) is 0 Å². The zero-order valence-corrected chi connectivity index (χ0v) is 13.2. The van der Waals surface area contributed by atoms with E-state index in [-0.39, 0.29) is 12.5 Å². The second-order valence-corrected chi connectivity index (χ2v) is 6.27. The minimum absolute atomic E-state index is 0.00252. The van der Waals surface area contributed by atoms with E-state index in [9.17, 15) is 13.2 Å². The molecule has 1 rings (SSSR count). The minimum Gasteiger partial charge on any atom is -0.425 e. The normalized spacial score (nSPS) is 13.1. The van der Waals surface area contributed by atoms with Gasteiger partial charge in [0.25, 0.3) is 0 Å². The Balaban J connectivity index is 2.79. The lowest BCUT2D eigenvalue weighted by molar-refractivity contribution is -0.136. The van der Waals surface area contributed by atoms with Crippen LogP contribution in [0.5, 0.6) is 5.75 Å². The third-order valence-electron chi connectivity index (χ3n) is 2.51. The lowest BCUT2D eigenvalue weighted by Crippen LogP contribution is -2.44. The van der Waals surface area contributed by atoms with Crippen LogP contribution in [0.25, 0.3) is 0 Å². The van der Waals surface area contributed by atoms with Crippen molar-refractivity contribution in [3.05, 3.63) is 30.3 Å². The number of benzene rings is 1. The fraction of sp³-hybridized carbons (Fsp3) is 0.500. The van der Waals surface area contributed by atoms with Crippen molar-refractivity contribution in [1.82, 2.24) is 4.72 Å². The highest BCUT2D eigenvalue weighted by Crippen LogP contribution is 2.13. The van der Waals surface area contributed by atoms with E-state index in [4.69, 9.17) is 4.74 Å². The first-order valence-electron chi connectivity index (χ1n) is 6.77. The molecule has 0 fully saturated rings. The highest BCUT2D eigenvalue weighted by atomic mass is 32.2. The van der Waals surface area contributed by atoms with Gasteiger partial charge in [-0.2, -0.15) is 13.1 Å². The molecule has 0 bridgehead atoms. The van der Waals surface area contributed by atoms with E-state index in [2.05, 4.69) is 8.91 Å². The summed E-state index contributed by atoms with van der Waals surface area (Å²) in [5, 5.41) is 0. The third kappa shape index (κ3) is 6.70. The maximum Gasteiger partial charge on any atom is 0.336 e. The van der Waals surface area contributed by atoms with Crippen molar-refractivity contribution < 1.29 is 22.1 Å². The van der Waals surface area contributed by atoms with Gasteiger partial charge in [0, 0.05) is 0 Å². The predicted octanol–water partition coefficient (Wildman–Crippen LogP) is 1.88. The van der Waals surface area contributed by atoms with Crippen LogP contribution in [0.1, 0.15) is 27.2 Å². The number of para-hydroxylation sites is 1. The van der Waals surface area contributed by atoms with Crippen molar-refractivity contribution in [2.45, 2.75) is 33.2 Å². The fourth-order valence-electron chi connectivity index (χ4n) is 1.70. The van der Waals surface area contributed by atoms with Gasteiger partial charge in [-0.25, -0.2) is 4.79 Å². The zero-order valence-electron chi connectivity index (χ0n) is 12.4. The second kappa shape index (κ2) is 8.11. The van der Waals surface area contributed by atoms with Crippen LogP contribution >= 0.6 is 0 Å². The van der Waals surface area contributed by atoms with Gasteiger partial charge in [0.15, 0.2) is 0 Å². The number of carbonyl (C=O) groups is 1. The van der Waals surface area contributed by atoms with E-state index >= 15 is 0 Å². The first-order chi connectivity index (χ1) is 9.84. The van der Waals surface area contributed by atoms with E-state index in [1.54, 1.807) is 37.3 Å². The molecule has 0 unspecified atom stereocenters. The predicted molar refractivity (Wildman–Crippen MR) is 79.0 cm³/mol. The van der Waals surface area contributed by atoms with Crippen molar-refractivity contribution in [2.24, 2.45) is 5.92 Å². The molecule has 0 amide bonds. The van der Waals surface area contributed by atoms with Gasteiger partial charge in [-0.1, -0.05) is 32.0 Å². The molecule has 0 aliphatic carbocycles. The molecule has 0 saturated carbocycles. The van der Waals surface area contributed by atoms with E-state index < -0.39 is 22.3 Å². The molecule has 0 radical (unpaired) electrons. The summed E-state index contributed by atoms with van der Waals surface area (Å²) < 4.78 is 35.3. The van der Waals surface area contributed by atoms with Crippen molar-refractivity contribution in [3.63, 3.8) is 0 Å². The van der Waals surface area contributed by atoms with Gasteiger partial charge in [-0.3, -0.25) is 4.18 Å². The first-order valence-corrected chi connectivity index (χ1v) is 8.18. The molecule has 0 saturated heterocycles. The average Bonchev–Trinajstić information content (AvgIpc) is 2.38. The first kappa shape index (κ1) is 17.6. The summed E-state index contributed by atoms with van der Waals surface area (Å²) in [5.74, 6) is -0.173. The molecule has 1 atom stereocenters. The molecular formula is C14H21NO5S. The molecular weight excluding hydrogens is 294 g/mol. The summed E-state index contributed by atoms with van der Waals surface area (Å²) in [6.07, 6.45) is 0.317. The highest BCUT2D eigenvalue weighted by Gasteiger charge is 2.27. The van der Waals surface area contributed by atoms with Crippen LogP contribution in [-0.4, -0.2) is 27.0 Å². The Morgan fingerprint density at radius 3 is 2.38 bits per heavy atom. The minimum atomic E-state index is -3.96. The molecule has 1 N–H and O–H groups in total. The molecule has 0 aromatic heterocycles.